The predicted octanol–water partition coefficient (Wildman–Crippen LogP) is 5.92. The molecule has 0 atom stereocenters. The molecule has 1 aromatic rings. The summed E-state index contributed by atoms with van der Waals surface area (Å²) in [5.74, 6) is 0. The molecule has 0 N–H and O–H groups in total. The van der Waals surface area contributed by atoms with E-state index in [1.54, 1.807) is 0 Å². The largest absolute Gasteiger partial charge is 0.197 e. The summed E-state index contributed by atoms with van der Waals surface area (Å²) in [5, 5.41) is 0. The standard InChI is InChI=1S/C15H20Br2.H2S/c1-13(2)9-7-11(16)12(17)8-10(9)14(3,4)15(13,5)6;/h7-8H,1-6H3;1H2. The molecule has 2 rings (SSSR count). The van der Waals surface area contributed by atoms with Crippen molar-refractivity contribution in [3.05, 3.63) is 32.2 Å². The van der Waals surface area contributed by atoms with Gasteiger partial charge in [-0.15, -0.1) is 0 Å². The van der Waals surface area contributed by atoms with Gasteiger partial charge < -0.3 is 0 Å². The van der Waals surface area contributed by atoms with Crippen LogP contribution in [0.5, 0.6) is 0 Å². The maximum atomic E-state index is 3.63. The molecule has 0 aliphatic heterocycles. The maximum Gasteiger partial charge on any atom is 0.0320 e. The minimum absolute atomic E-state index is 0. The van der Waals surface area contributed by atoms with Crippen LogP contribution in [-0.4, -0.2) is 0 Å². The van der Waals surface area contributed by atoms with Crippen molar-refractivity contribution in [1.29, 1.82) is 0 Å². The summed E-state index contributed by atoms with van der Waals surface area (Å²) in [6.45, 7) is 14.2. The Kier molecular flexibility index (Phi) is 4.17. The van der Waals surface area contributed by atoms with Crippen molar-refractivity contribution in [3.8, 4) is 0 Å². The Hall–Kier alpha value is 0.530. The van der Waals surface area contributed by atoms with Crippen LogP contribution in [0.4, 0.5) is 0 Å². The average Bonchev–Trinajstić information content (AvgIpc) is 2.28. The van der Waals surface area contributed by atoms with Crippen molar-refractivity contribution in [2.24, 2.45) is 5.41 Å². The summed E-state index contributed by atoms with van der Waals surface area (Å²) in [6.07, 6.45) is 0. The molecular formula is C15H22Br2S. The van der Waals surface area contributed by atoms with E-state index in [1.807, 2.05) is 0 Å². The van der Waals surface area contributed by atoms with Gasteiger partial charge in [-0.3, -0.25) is 0 Å². The predicted molar refractivity (Wildman–Crippen MR) is 92.1 cm³/mol. The molecular weight excluding hydrogens is 372 g/mol. The summed E-state index contributed by atoms with van der Waals surface area (Å²) in [5.41, 5.74) is 3.57. The molecule has 102 valence electrons. The molecule has 3 heteroatoms. The van der Waals surface area contributed by atoms with Gasteiger partial charge in [0.15, 0.2) is 0 Å². The van der Waals surface area contributed by atoms with Gasteiger partial charge in [0, 0.05) is 8.95 Å². The quantitative estimate of drug-likeness (QED) is 0.513. The van der Waals surface area contributed by atoms with Crippen LogP contribution in [0.15, 0.2) is 21.1 Å². The maximum absolute atomic E-state index is 3.63. The van der Waals surface area contributed by atoms with E-state index in [9.17, 15) is 0 Å². The number of rotatable bonds is 0. The van der Waals surface area contributed by atoms with E-state index in [-0.39, 0.29) is 29.7 Å². The molecule has 0 amide bonds. The van der Waals surface area contributed by atoms with E-state index in [2.05, 4.69) is 85.5 Å². The third-order valence-electron chi connectivity index (χ3n) is 5.53. The molecule has 1 aromatic carbocycles. The van der Waals surface area contributed by atoms with Crippen LogP contribution < -0.4 is 0 Å². The highest BCUT2D eigenvalue weighted by Crippen LogP contribution is 2.62. The second-order valence-corrected chi connectivity index (χ2v) is 8.40. The van der Waals surface area contributed by atoms with Crippen molar-refractivity contribution in [2.75, 3.05) is 0 Å². The van der Waals surface area contributed by atoms with E-state index < -0.39 is 0 Å². The molecule has 0 bridgehead atoms. The highest BCUT2D eigenvalue weighted by Gasteiger charge is 2.56. The van der Waals surface area contributed by atoms with Gasteiger partial charge in [0.1, 0.15) is 0 Å². The highest BCUT2D eigenvalue weighted by molar-refractivity contribution is 9.13. The summed E-state index contributed by atoms with van der Waals surface area (Å²) in [7, 11) is 0. The van der Waals surface area contributed by atoms with Gasteiger partial charge in [0.05, 0.1) is 0 Å². The lowest BCUT2D eigenvalue weighted by molar-refractivity contribution is 0.125. The fourth-order valence-electron chi connectivity index (χ4n) is 3.04. The third kappa shape index (κ3) is 1.84. The molecule has 0 heterocycles. The molecule has 0 fully saturated rings. The van der Waals surface area contributed by atoms with Crippen LogP contribution in [0.3, 0.4) is 0 Å². The van der Waals surface area contributed by atoms with E-state index in [0.29, 0.717) is 0 Å². The number of benzene rings is 1. The zero-order valence-corrected chi connectivity index (χ0v) is 16.1. The van der Waals surface area contributed by atoms with Gasteiger partial charge in [0.25, 0.3) is 0 Å². The second-order valence-electron chi connectivity index (χ2n) is 6.69. The first kappa shape index (κ1) is 16.6. The van der Waals surface area contributed by atoms with Crippen molar-refractivity contribution in [1.82, 2.24) is 0 Å². The van der Waals surface area contributed by atoms with Gasteiger partial charge in [-0.25, -0.2) is 0 Å². The van der Waals surface area contributed by atoms with Gasteiger partial charge in [-0.05, 0) is 71.4 Å². The minimum atomic E-state index is 0. The molecule has 1 aliphatic carbocycles. The van der Waals surface area contributed by atoms with Gasteiger partial charge in [0.2, 0.25) is 0 Å². The van der Waals surface area contributed by atoms with Crippen molar-refractivity contribution < 1.29 is 0 Å². The molecule has 0 spiro atoms. The Labute approximate surface area is 135 Å². The van der Waals surface area contributed by atoms with Crippen LogP contribution in [-0.2, 0) is 10.8 Å². The fraction of sp³-hybridized carbons (Fsp3) is 0.600. The highest BCUT2D eigenvalue weighted by atomic mass is 79.9. The fourth-order valence-corrected chi connectivity index (χ4v) is 3.72. The molecule has 18 heavy (non-hydrogen) atoms. The summed E-state index contributed by atoms with van der Waals surface area (Å²) >= 11 is 7.26. The van der Waals surface area contributed by atoms with Crippen LogP contribution in [0.1, 0.15) is 52.7 Å². The average molecular weight is 394 g/mol. The molecule has 0 aromatic heterocycles. The number of hydrogen-bond donors (Lipinski definition) is 0. The van der Waals surface area contributed by atoms with Gasteiger partial charge in [-0.2, -0.15) is 13.5 Å². The molecule has 0 nitrogen and oxygen atoms in total. The Morgan fingerprint density at radius 2 is 1.00 bits per heavy atom. The lowest BCUT2D eigenvalue weighted by Crippen LogP contribution is -2.42. The van der Waals surface area contributed by atoms with Crippen LogP contribution in [0, 0.1) is 5.41 Å². The molecule has 1 aliphatic rings. The Balaban J connectivity index is 0.00000162. The monoisotopic (exact) mass is 392 g/mol. The normalized spacial score (nSPS) is 22.2. The Morgan fingerprint density at radius 3 is 1.28 bits per heavy atom. The first-order chi connectivity index (χ1) is 7.53. The summed E-state index contributed by atoms with van der Waals surface area (Å²) in [6, 6.07) is 4.58. The smallest absolute Gasteiger partial charge is 0.0320 e. The van der Waals surface area contributed by atoms with E-state index >= 15 is 0 Å². The third-order valence-corrected chi connectivity index (χ3v) is 7.38. The van der Waals surface area contributed by atoms with Crippen LogP contribution in [0.2, 0.25) is 0 Å². The van der Waals surface area contributed by atoms with Crippen molar-refractivity contribution in [3.63, 3.8) is 0 Å². The van der Waals surface area contributed by atoms with Crippen LogP contribution >= 0.6 is 45.4 Å². The minimum Gasteiger partial charge on any atom is -0.197 e. The molecule has 0 saturated carbocycles. The van der Waals surface area contributed by atoms with Crippen molar-refractivity contribution >= 4 is 45.4 Å². The number of hydrogen-bond acceptors (Lipinski definition) is 0. The lowest BCUT2D eigenvalue weighted by Gasteiger charge is -2.44. The van der Waals surface area contributed by atoms with Crippen LogP contribution in [0.25, 0.3) is 0 Å². The van der Waals surface area contributed by atoms with Gasteiger partial charge in [-0.1, -0.05) is 41.5 Å². The first-order valence-electron chi connectivity index (χ1n) is 6.03. The zero-order chi connectivity index (χ0) is 13.2. The van der Waals surface area contributed by atoms with E-state index in [4.69, 9.17) is 0 Å². The Morgan fingerprint density at radius 1 is 0.722 bits per heavy atom. The molecule has 0 saturated heterocycles. The summed E-state index contributed by atoms with van der Waals surface area (Å²) in [4.78, 5) is 0. The first-order valence-corrected chi connectivity index (χ1v) is 7.62. The SMILES string of the molecule is CC1(C)c2cc(Br)c(Br)cc2C(C)(C)C1(C)C.S. The number of halogens is 2. The Bertz CT molecular complexity index is 445. The second kappa shape index (κ2) is 4.53. The summed E-state index contributed by atoms with van der Waals surface area (Å²) < 4.78 is 2.30. The molecule has 0 radical (unpaired) electrons. The topological polar surface area (TPSA) is 0 Å². The van der Waals surface area contributed by atoms with Gasteiger partial charge >= 0.3 is 0 Å². The zero-order valence-electron chi connectivity index (χ0n) is 11.9. The van der Waals surface area contributed by atoms with E-state index in [0.717, 1.165) is 8.95 Å². The molecule has 0 unspecified atom stereocenters. The lowest BCUT2D eigenvalue weighted by atomic mass is 9.59. The van der Waals surface area contributed by atoms with E-state index in [1.165, 1.54) is 11.1 Å². The number of fused-ring (bicyclic) bond motifs is 1. The van der Waals surface area contributed by atoms with Crippen molar-refractivity contribution in [2.45, 2.75) is 52.4 Å².